The van der Waals surface area contributed by atoms with E-state index < -0.39 is 0 Å². The Morgan fingerprint density at radius 3 is 2.84 bits per heavy atom. The molecule has 2 heterocycles. The van der Waals surface area contributed by atoms with Crippen LogP contribution in [0.25, 0.3) is 0 Å². The minimum Gasteiger partial charge on any atom is -0.477 e. The topological polar surface area (TPSA) is 64.1 Å². The molecular weight excluding hydrogens is 334 g/mol. The summed E-state index contributed by atoms with van der Waals surface area (Å²) in [7, 11) is 0. The molecule has 134 valence electrons. The van der Waals surface area contributed by atoms with E-state index in [-0.39, 0.29) is 5.91 Å². The Kier molecular flexibility index (Phi) is 5.68. The van der Waals surface area contributed by atoms with Crippen molar-refractivity contribution in [3.8, 4) is 5.88 Å². The summed E-state index contributed by atoms with van der Waals surface area (Å²) in [6.45, 7) is 7.41. The number of thiazole rings is 1. The van der Waals surface area contributed by atoms with Gasteiger partial charge in [-0.2, -0.15) is 0 Å². The number of rotatable bonds is 8. The van der Waals surface area contributed by atoms with Crippen LogP contribution in [0.5, 0.6) is 5.88 Å². The lowest BCUT2D eigenvalue weighted by molar-refractivity contribution is 0.0954. The lowest BCUT2D eigenvalue weighted by atomic mass is 10.1. The highest BCUT2D eigenvalue weighted by atomic mass is 32.1. The molecule has 0 unspecified atom stereocenters. The summed E-state index contributed by atoms with van der Waals surface area (Å²) in [5, 5.41) is 3.98. The number of hydrogen-bond acceptors (Lipinski definition) is 5. The third-order valence-electron chi connectivity index (χ3n) is 4.04. The van der Waals surface area contributed by atoms with Crippen molar-refractivity contribution in [1.29, 1.82) is 0 Å². The number of carbonyl (C=O) groups is 1. The van der Waals surface area contributed by atoms with E-state index in [1.165, 1.54) is 24.2 Å². The minimum absolute atomic E-state index is 0.0703. The second-order valence-electron chi connectivity index (χ2n) is 7.06. The lowest BCUT2D eigenvalue weighted by Crippen LogP contribution is -2.22. The standard InChI is InChI=1S/C19H25N3O2S/c1-12(2)8-17-22-13(3)18(25-17)19(23)21-10-15-6-7-16(20-9-15)24-11-14-4-5-14/h6-7,9,12,14H,4-5,8,10-11H2,1-3H3,(H,21,23). The molecule has 1 N–H and O–H groups in total. The van der Waals surface area contributed by atoms with E-state index in [0.717, 1.165) is 29.3 Å². The maximum atomic E-state index is 12.4. The summed E-state index contributed by atoms with van der Waals surface area (Å²) < 4.78 is 5.62. The van der Waals surface area contributed by atoms with Crippen molar-refractivity contribution in [2.24, 2.45) is 11.8 Å². The van der Waals surface area contributed by atoms with Gasteiger partial charge in [0.15, 0.2) is 0 Å². The Balaban J connectivity index is 1.52. The van der Waals surface area contributed by atoms with Gasteiger partial charge in [0, 0.05) is 25.2 Å². The highest BCUT2D eigenvalue weighted by Gasteiger charge is 2.22. The van der Waals surface area contributed by atoms with Crippen LogP contribution in [-0.2, 0) is 13.0 Å². The third kappa shape index (κ3) is 5.26. The second kappa shape index (κ2) is 7.95. The quantitative estimate of drug-likeness (QED) is 0.779. The van der Waals surface area contributed by atoms with Crippen LogP contribution in [0.3, 0.4) is 0 Å². The molecule has 2 aromatic heterocycles. The summed E-state index contributed by atoms with van der Waals surface area (Å²) in [6.07, 6.45) is 5.19. The summed E-state index contributed by atoms with van der Waals surface area (Å²) >= 11 is 1.49. The van der Waals surface area contributed by atoms with E-state index >= 15 is 0 Å². The van der Waals surface area contributed by atoms with Crippen LogP contribution in [-0.4, -0.2) is 22.5 Å². The third-order valence-corrected chi connectivity index (χ3v) is 5.22. The van der Waals surface area contributed by atoms with Crippen LogP contribution in [0.15, 0.2) is 18.3 Å². The van der Waals surface area contributed by atoms with Crippen LogP contribution >= 0.6 is 11.3 Å². The number of pyridine rings is 1. The molecule has 0 spiro atoms. The average molecular weight is 359 g/mol. The first-order valence-corrected chi connectivity index (χ1v) is 9.65. The lowest BCUT2D eigenvalue weighted by Gasteiger charge is -2.06. The van der Waals surface area contributed by atoms with Gasteiger partial charge < -0.3 is 10.1 Å². The van der Waals surface area contributed by atoms with Crippen molar-refractivity contribution in [2.45, 2.75) is 46.6 Å². The van der Waals surface area contributed by atoms with Crippen molar-refractivity contribution in [1.82, 2.24) is 15.3 Å². The molecule has 0 aromatic carbocycles. The maximum Gasteiger partial charge on any atom is 0.263 e. The molecule has 25 heavy (non-hydrogen) atoms. The Labute approximate surface area is 152 Å². The molecule has 1 amide bonds. The van der Waals surface area contributed by atoms with Crippen LogP contribution in [0.4, 0.5) is 0 Å². The van der Waals surface area contributed by atoms with E-state index in [0.29, 0.717) is 29.1 Å². The largest absolute Gasteiger partial charge is 0.477 e. The molecule has 0 saturated heterocycles. The number of nitrogens with one attached hydrogen (secondary N) is 1. The van der Waals surface area contributed by atoms with Gasteiger partial charge in [-0.15, -0.1) is 11.3 Å². The number of hydrogen-bond donors (Lipinski definition) is 1. The zero-order valence-corrected chi connectivity index (χ0v) is 15.9. The van der Waals surface area contributed by atoms with Gasteiger partial charge in [-0.1, -0.05) is 19.9 Å². The molecule has 0 radical (unpaired) electrons. The zero-order valence-electron chi connectivity index (χ0n) is 15.0. The first kappa shape index (κ1) is 17.9. The van der Waals surface area contributed by atoms with Crippen molar-refractivity contribution >= 4 is 17.2 Å². The number of nitrogens with zero attached hydrogens (tertiary/aromatic N) is 2. The van der Waals surface area contributed by atoms with E-state index in [9.17, 15) is 4.79 Å². The maximum absolute atomic E-state index is 12.4. The Morgan fingerprint density at radius 2 is 2.20 bits per heavy atom. The normalized spacial score (nSPS) is 13.9. The molecule has 0 atom stereocenters. The highest BCUT2D eigenvalue weighted by molar-refractivity contribution is 7.13. The molecular formula is C19H25N3O2S. The molecule has 2 aromatic rings. The van der Waals surface area contributed by atoms with E-state index in [4.69, 9.17) is 4.74 Å². The zero-order chi connectivity index (χ0) is 17.8. The van der Waals surface area contributed by atoms with Gasteiger partial charge in [0.1, 0.15) is 4.88 Å². The predicted octanol–water partition coefficient (Wildman–Crippen LogP) is 3.76. The summed E-state index contributed by atoms with van der Waals surface area (Å²) in [6, 6.07) is 3.81. The fraction of sp³-hybridized carbons (Fsp3) is 0.526. The fourth-order valence-corrected chi connectivity index (χ4v) is 3.64. The number of aryl methyl sites for hydroxylation is 1. The SMILES string of the molecule is Cc1nc(CC(C)C)sc1C(=O)NCc1ccc(OCC2CC2)nc1. The summed E-state index contributed by atoms with van der Waals surface area (Å²) in [5.41, 5.74) is 1.76. The van der Waals surface area contributed by atoms with Crippen LogP contribution in [0, 0.1) is 18.8 Å². The van der Waals surface area contributed by atoms with E-state index in [1.54, 1.807) is 6.20 Å². The number of carbonyl (C=O) groups excluding carboxylic acids is 1. The van der Waals surface area contributed by atoms with Crippen molar-refractivity contribution in [2.75, 3.05) is 6.61 Å². The van der Waals surface area contributed by atoms with Crippen molar-refractivity contribution in [3.05, 3.63) is 39.5 Å². The van der Waals surface area contributed by atoms with Gasteiger partial charge >= 0.3 is 0 Å². The van der Waals surface area contributed by atoms with Gasteiger partial charge in [-0.05, 0) is 37.2 Å². The van der Waals surface area contributed by atoms with Gasteiger partial charge in [-0.25, -0.2) is 9.97 Å². The average Bonchev–Trinajstić information content (AvgIpc) is 3.33. The molecule has 0 aliphatic heterocycles. The van der Waals surface area contributed by atoms with Gasteiger partial charge in [0.25, 0.3) is 5.91 Å². The Hall–Kier alpha value is -1.95. The smallest absolute Gasteiger partial charge is 0.263 e. The molecule has 1 saturated carbocycles. The molecule has 1 aliphatic rings. The molecule has 0 bridgehead atoms. The van der Waals surface area contributed by atoms with Crippen molar-refractivity contribution in [3.63, 3.8) is 0 Å². The minimum atomic E-state index is -0.0703. The number of ether oxygens (including phenoxy) is 1. The molecule has 5 nitrogen and oxygen atoms in total. The number of amides is 1. The summed E-state index contributed by atoms with van der Waals surface area (Å²) in [4.78, 5) is 21.9. The Bertz CT molecular complexity index is 721. The van der Waals surface area contributed by atoms with Crippen LogP contribution in [0.2, 0.25) is 0 Å². The second-order valence-corrected chi connectivity index (χ2v) is 8.15. The molecule has 1 aliphatic carbocycles. The van der Waals surface area contributed by atoms with Gasteiger partial charge in [0.2, 0.25) is 5.88 Å². The van der Waals surface area contributed by atoms with Crippen LogP contribution < -0.4 is 10.1 Å². The van der Waals surface area contributed by atoms with E-state index in [1.807, 2.05) is 19.1 Å². The predicted molar refractivity (Wildman–Crippen MR) is 99.0 cm³/mol. The monoisotopic (exact) mass is 359 g/mol. The van der Waals surface area contributed by atoms with E-state index in [2.05, 4.69) is 29.1 Å². The molecule has 3 rings (SSSR count). The Morgan fingerprint density at radius 1 is 1.40 bits per heavy atom. The van der Waals surface area contributed by atoms with Crippen molar-refractivity contribution < 1.29 is 9.53 Å². The molecule has 1 fully saturated rings. The van der Waals surface area contributed by atoms with Crippen LogP contribution in [0.1, 0.15) is 52.6 Å². The molecule has 6 heteroatoms. The van der Waals surface area contributed by atoms with Gasteiger partial charge in [0.05, 0.1) is 17.3 Å². The fourth-order valence-electron chi connectivity index (χ4n) is 2.45. The number of aromatic nitrogens is 2. The highest BCUT2D eigenvalue weighted by Crippen LogP contribution is 2.29. The first-order valence-electron chi connectivity index (χ1n) is 8.83. The summed E-state index contributed by atoms with van der Waals surface area (Å²) in [5.74, 6) is 1.83. The first-order chi connectivity index (χ1) is 12.0. The van der Waals surface area contributed by atoms with Gasteiger partial charge in [-0.3, -0.25) is 4.79 Å².